The quantitative estimate of drug-likeness (QED) is 0.431. The monoisotopic (exact) mass is 328 g/mol. The molecule has 120 valence electrons. The van der Waals surface area contributed by atoms with E-state index in [4.69, 9.17) is 11.5 Å². The lowest BCUT2D eigenvalue weighted by molar-refractivity contribution is 0.662. The van der Waals surface area contributed by atoms with Crippen molar-refractivity contribution in [2.24, 2.45) is 21.5 Å². The molecule has 1 aromatic heterocycles. The molecular formula is C16H20N6S. The van der Waals surface area contributed by atoms with E-state index in [9.17, 15) is 0 Å². The topological polar surface area (TPSA) is 102 Å². The van der Waals surface area contributed by atoms with E-state index in [1.165, 1.54) is 11.3 Å². The molecule has 0 amide bonds. The maximum absolute atomic E-state index is 5.36. The van der Waals surface area contributed by atoms with Gasteiger partial charge in [-0.25, -0.2) is 4.98 Å². The minimum Gasteiger partial charge on any atom is -0.370 e. The van der Waals surface area contributed by atoms with Crippen LogP contribution in [0, 0.1) is 0 Å². The number of benzene rings is 1. The fourth-order valence-electron chi connectivity index (χ4n) is 1.65. The van der Waals surface area contributed by atoms with Crippen LogP contribution in [-0.2, 0) is 0 Å². The average molecular weight is 328 g/mol. The number of aliphatic imine (C=N–C) groups is 2. The molecule has 1 heterocycles. The molecule has 0 unspecified atom stereocenters. The molecule has 0 saturated heterocycles. The smallest absolute Gasteiger partial charge is 0.212 e. The molecule has 0 aliphatic carbocycles. The Morgan fingerprint density at radius 1 is 1.39 bits per heavy atom. The Labute approximate surface area is 139 Å². The highest BCUT2D eigenvalue weighted by Crippen LogP contribution is 2.28. The molecule has 0 atom stereocenters. The van der Waals surface area contributed by atoms with E-state index < -0.39 is 0 Å². The second kappa shape index (κ2) is 7.06. The van der Waals surface area contributed by atoms with E-state index in [0.29, 0.717) is 5.13 Å². The summed E-state index contributed by atoms with van der Waals surface area (Å²) < 4.78 is 0. The van der Waals surface area contributed by atoms with Gasteiger partial charge in [-0.15, -0.1) is 17.9 Å². The number of rotatable bonds is 6. The molecule has 0 saturated carbocycles. The predicted molar refractivity (Wildman–Crippen MR) is 99.4 cm³/mol. The maximum atomic E-state index is 5.36. The summed E-state index contributed by atoms with van der Waals surface area (Å²) in [6.45, 7) is 7.72. The lowest BCUT2D eigenvalue weighted by Gasteiger charge is -2.13. The molecule has 0 aliphatic rings. The highest BCUT2D eigenvalue weighted by molar-refractivity contribution is 7.13. The normalized spacial score (nSPS) is 11.4. The number of nitrogens with one attached hydrogen (secondary N) is 1. The molecule has 7 heteroatoms. The number of hydrogen-bond donors (Lipinski definition) is 3. The molecule has 6 nitrogen and oxygen atoms in total. The van der Waals surface area contributed by atoms with E-state index in [1.807, 2.05) is 43.5 Å². The largest absolute Gasteiger partial charge is 0.370 e. The number of anilines is 1. The fraction of sp³-hybridized carbons (Fsp3) is 0.188. The number of guanidine groups is 1. The van der Waals surface area contributed by atoms with Crippen molar-refractivity contribution in [3.63, 3.8) is 0 Å². The molecule has 0 bridgehead atoms. The molecule has 0 fully saturated rings. The zero-order valence-corrected chi connectivity index (χ0v) is 14.0. The highest BCUT2D eigenvalue weighted by atomic mass is 32.1. The SMILES string of the molecule is C=CC(C)(C)N=CNc1cccc(-c2csc(N=C(N)N)n2)c1. The number of aromatic nitrogens is 1. The Bertz CT molecular complexity index is 741. The van der Waals surface area contributed by atoms with Crippen LogP contribution < -0.4 is 16.8 Å². The number of thiazole rings is 1. The third-order valence-electron chi connectivity index (χ3n) is 3.00. The molecule has 0 aliphatic heterocycles. The van der Waals surface area contributed by atoms with E-state index in [2.05, 4.69) is 26.9 Å². The van der Waals surface area contributed by atoms with Gasteiger partial charge in [-0.05, 0) is 26.0 Å². The third-order valence-corrected chi connectivity index (χ3v) is 3.74. The first-order valence-electron chi connectivity index (χ1n) is 6.99. The maximum Gasteiger partial charge on any atom is 0.212 e. The Morgan fingerprint density at radius 2 is 2.17 bits per heavy atom. The van der Waals surface area contributed by atoms with Crippen LogP contribution in [0.25, 0.3) is 11.3 Å². The van der Waals surface area contributed by atoms with Crippen molar-refractivity contribution in [2.45, 2.75) is 19.4 Å². The Morgan fingerprint density at radius 3 is 2.87 bits per heavy atom. The van der Waals surface area contributed by atoms with Crippen LogP contribution in [0.5, 0.6) is 0 Å². The van der Waals surface area contributed by atoms with E-state index in [-0.39, 0.29) is 11.5 Å². The molecule has 2 rings (SSSR count). The number of nitrogens with two attached hydrogens (primary N) is 2. The molecule has 2 aromatic rings. The Balaban J connectivity index is 2.15. The molecule has 0 radical (unpaired) electrons. The van der Waals surface area contributed by atoms with Crippen molar-refractivity contribution < 1.29 is 0 Å². The summed E-state index contributed by atoms with van der Waals surface area (Å²) in [5.74, 6) is 0.00219. The zero-order chi connectivity index (χ0) is 16.9. The van der Waals surface area contributed by atoms with Gasteiger partial charge in [0.25, 0.3) is 0 Å². The second-order valence-corrected chi connectivity index (χ2v) is 6.23. The van der Waals surface area contributed by atoms with Crippen LogP contribution in [0.3, 0.4) is 0 Å². The van der Waals surface area contributed by atoms with Crippen molar-refractivity contribution in [3.05, 3.63) is 42.3 Å². The summed E-state index contributed by atoms with van der Waals surface area (Å²) in [5.41, 5.74) is 13.1. The summed E-state index contributed by atoms with van der Waals surface area (Å²) in [6, 6.07) is 7.87. The predicted octanol–water partition coefficient (Wildman–Crippen LogP) is 3.12. The highest BCUT2D eigenvalue weighted by Gasteiger charge is 2.08. The first kappa shape index (κ1) is 16.7. The lowest BCUT2D eigenvalue weighted by atomic mass is 10.1. The van der Waals surface area contributed by atoms with Gasteiger partial charge in [-0.2, -0.15) is 4.99 Å². The van der Waals surface area contributed by atoms with Crippen LogP contribution in [0.4, 0.5) is 10.8 Å². The fourth-order valence-corrected chi connectivity index (χ4v) is 2.37. The second-order valence-electron chi connectivity index (χ2n) is 5.39. The van der Waals surface area contributed by atoms with Crippen LogP contribution in [0.15, 0.2) is 52.3 Å². The summed E-state index contributed by atoms with van der Waals surface area (Å²) in [6.07, 6.45) is 3.47. The van der Waals surface area contributed by atoms with Gasteiger partial charge in [0.2, 0.25) is 5.13 Å². The van der Waals surface area contributed by atoms with Crippen LogP contribution in [-0.4, -0.2) is 22.8 Å². The van der Waals surface area contributed by atoms with Gasteiger partial charge in [0.1, 0.15) is 0 Å². The number of nitrogens with zero attached hydrogens (tertiary/aromatic N) is 3. The first-order chi connectivity index (χ1) is 10.9. The molecule has 0 spiro atoms. The van der Waals surface area contributed by atoms with Crippen LogP contribution in [0.2, 0.25) is 0 Å². The van der Waals surface area contributed by atoms with Crippen LogP contribution in [0.1, 0.15) is 13.8 Å². The van der Waals surface area contributed by atoms with Gasteiger partial charge in [-0.3, -0.25) is 4.99 Å². The van der Waals surface area contributed by atoms with Gasteiger partial charge in [0.05, 0.1) is 17.6 Å². The van der Waals surface area contributed by atoms with Crippen molar-refractivity contribution in [3.8, 4) is 11.3 Å². The summed E-state index contributed by atoms with van der Waals surface area (Å²) in [4.78, 5) is 12.7. The summed E-state index contributed by atoms with van der Waals surface area (Å²) in [7, 11) is 0. The molecule has 23 heavy (non-hydrogen) atoms. The minimum absolute atomic E-state index is 0.00219. The number of hydrogen-bond acceptors (Lipinski definition) is 4. The molecular weight excluding hydrogens is 308 g/mol. The lowest BCUT2D eigenvalue weighted by Crippen LogP contribution is -2.21. The van der Waals surface area contributed by atoms with Crippen molar-refractivity contribution in [1.29, 1.82) is 0 Å². The van der Waals surface area contributed by atoms with Gasteiger partial charge in [0, 0.05) is 16.6 Å². The first-order valence-corrected chi connectivity index (χ1v) is 7.87. The zero-order valence-electron chi connectivity index (χ0n) is 13.2. The average Bonchev–Trinajstić information content (AvgIpc) is 2.95. The van der Waals surface area contributed by atoms with Gasteiger partial charge < -0.3 is 16.8 Å². The van der Waals surface area contributed by atoms with Crippen LogP contribution >= 0.6 is 11.3 Å². The van der Waals surface area contributed by atoms with Gasteiger partial charge in [0.15, 0.2) is 5.96 Å². The van der Waals surface area contributed by atoms with Crippen molar-refractivity contribution in [1.82, 2.24) is 4.98 Å². The van der Waals surface area contributed by atoms with E-state index in [1.54, 1.807) is 12.4 Å². The molecule has 1 aromatic carbocycles. The van der Waals surface area contributed by atoms with Crippen molar-refractivity contribution in [2.75, 3.05) is 5.32 Å². The summed E-state index contributed by atoms with van der Waals surface area (Å²) in [5, 5.41) is 5.60. The van der Waals surface area contributed by atoms with E-state index in [0.717, 1.165) is 16.9 Å². The summed E-state index contributed by atoms with van der Waals surface area (Å²) >= 11 is 1.39. The van der Waals surface area contributed by atoms with Gasteiger partial charge >= 0.3 is 0 Å². The third kappa shape index (κ3) is 4.93. The van der Waals surface area contributed by atoms with E-state index >= 15 is 0 Å². The van der Waals surface area contributed by atoms with Crippen molar-refractivity contribution >= 4 is 34.5 Å². The minimum atomic E-state index is -0.297. The Hall–Kier alpha value is -2.67. The van der Waals surface area contributed by atoms with Gasteiger partial charge in [-0.1, -0.05) is 18.2 Å². The molecule has 5 N–H and O–H groups in total. The standard InChI is InChI=1S/C16H20N6S/c1-4-16(2,3)20-10-19-12-7-5-6-11(8-12)13-9-23-15(21-13)22-14(17)18/h4-10H,1H2,2-3H3,(H,19,20)(H4,17,18,21,22). The Kier molecular flexibility index (Phi) is 5.13.